The van der Waals surface area contributed by atoms with E-state index in [0.29, 0.717) is 40.8 Å². The quantitative estimate of drug-likeness (QED) is 0.113. The zero-order valence-corrected chi connectivity index (χ0v) is 34.1. The highest BCUT2D eigenvalue weighted by Gasteiger charge is 2.37. The van der Waals surface area contributed by atoms with E-state index in [1.54, 1.807) is 31.3 Å². The lowest BCUT2D eigenvalue weighted by Gasteiger charge is -2.42. The molecular weight excluding hydrogens is 807 g/mol. The first-order chi connectivity index (χ1) is 28.6. The van der Waals surface area contributed by atoms with Gasteiger partial charge in [0.05, 0.1) is 40.5 Å². The summed E-state index contributed by atoms with van der Waals surface area (Å²) in [6.07, 6.45) is 1.85. The second-order valence-corrected chi connectivity index (χ2v) is 17.4. The average Bonchev–Trinajstić information content (AvgIpc) is 3.74. The molecule has 0 spiro atoms. The molecule has 2 aliphatic heterocycles. The molecule has 2 aromatic carbocycles. The lowest BCUT2D eigenvalue weighted by atomic mass is 9.85. The number of amides is 3. The number of imidazole rings is 1. The third-order valence-electron chi connectivity index (χ3n) is 12.2. The summed E-state index contributed by atoms with van der Waals surface area (Å²) in [4.78, 5) is 58.7. The van der Waals surface area contributed by atoms with Crippen LogP contribution in [0.15, 0.2) is 64.4 Å². The summed E-state index contributed by atoms with van der Waals surface area (Å²) in [7, 11) is 3.61. The fraction of sp³-hybridized carbons (Fsp3) is 0.463. The highest BCUT2D eigenvalue weighted by Crippen LogP contribution is 2.37. The smallest absolute Gasteiger partial charge is 0.433 e. The van der Waals surface area contributed by atoms with E-state index in [-0.39, 0.29) is 53.6 Å². The van der Waals surface area contributed by atoms with Gasteiger partial charge in [0.15, 0.2) is 4.90 Å². The Morgan fingerprint density at radius 1 is 1.05 bits per heavy atom. The number of aryl methyl sites for hydroxylation is 1. The van der Waals surface area contributed by atoms with Gasteiger partial charge in [-0.25, -0.2) is 14.2 Å². The summed E-state index contributed by atoms with van der Waals surface area (Å²) >= 11 is -1.55. The molecule has 0 bridgehead atoms. The van der Waals surface area contributed by atoms with Crippen molar-refractivity contribution < 1.29 is 36.5 Å². The van der Waals surface area contributed by atoms with Gasteiger partial charge in [-0.05, 0) is 93.0 Å². The van der Waals surface area contributed by atoms with Crippen molar-refractivity contribution in [2.75, 3.05) is 43.2 Å². The molecule has 5 aromatic rings. The topological polar surface area (TPSA) is 162 Å². The molecule has 3 aliphatic rings. The number of aromatic nitrogens is 5. The molecule has 2 N–H and O–H groups in total. The Hall–Kier alpha value is -5.27. The average molecular weight is 852 g/mol. The Bertz CT molecular complexity index is 2530. The minimum atomic E-state index is -4.72. The van der Waals surface area contributed by atoms with Crippen LogP contribution in [0.5, 0.6) is 0 Å². The molecule has 60 heavy (non-hydrogen) atoms. The van der Waals surface area contributed by atoms with Crippen LogP contribution < -0.4 is 21.2 Å². The van der Waals surface area contributed by atoms with Crippen molar-refractivity contribution in [3.8, 4) is 0 Å². The molecule has 1 aliphatic carbocycles. The van der Waals surface area contributed by atoms with Crippen molar-refractivity contribution in [3.63, 3.8) is 0 Å². The van der Waals surface area contributed by atoms with Crippen LogP contribution in [0.25, 0.3) is 21.9 Å². The van der Waals surface area contributed by atoms with E-state index in [2.05, 4.69) is 20.5 Å². The van der Waals surface area contributed by atoms with Crippen LogP contribution in [-0.2, 0) is 34.0 Å². The molecule has 0 radical (unpaired) electrons. The van der Waals surface area contributed by atoms with E-state index in [1.165, 1.54) is 21.5 Å². The van der Waals surface area contributed by atoms with Crippen LogP contribution in [-0.4, -0.2) is 96.2 Å². The number of benzene rings is 2. The number of rotatable bonds is 9. The Morgan fingerprint density at radius 2 is 1.80 bits per heavy atom. The Morgan fingerprint density at radius 3 is 2.50 bits per heavy atom. The maximum absolute atomic E-state index is 16.1. The van der Waals surface area contributed by atoms with Crippen LogP contribution in [0, 0.1) is 5.92 Å². The van der Waals surface area contributed by atoms with Gasteiger partial charge in [-0.3, -0.25) is 33.5 Å². The summed E-state index contributed by atoms with van der Waals surface area (Å²) < 4.78 is 73.3. The van der Waals surface area contributed by atoms with E-state index in [9.17, 15) is 36.9 Å². The van der Waals surface area contributed by atoms with Crippen LogP contribution in [0.1, 0.15) is 73.2 Å². The van der Waals surface area contributed by atoms with Crippen molar-refractivity contribution in [1.82, 2.24) is 34.1 Å². The number of anilines is 2. The molecule has 8 rings (SSSR count). The molecule has 318 valence electrons. The fourth-order valence-corrected chi connectivity index (χ4v) is 9.84. The van der Waals surface area contributed by atoms with E-state index in [4.69, 9.17) is 5.10 Å². The fourth-order valence-electron chi connectivity index (χ4n) is 9.14. The highest BCUT2D eigenvalue weighted by molar-refractivity contribution is 7.90. The monoisotopic (exact) mass is 851 g/mol. The first-order valence-electron chi connectivity index (χ1n) is 19.9. The van der Waals surface area contributed by atoms with Gasteiger partial charge in [0.1, 0.15) is 29.9 Å². The molecule has 1 saturated carbocycles. The van der Waals surface area contributed by atoms with Gasteiger partial charge in [0.25, 0.3) is 5.91 Å². The summed E-state index contributed by atoms with van der Waals surface area (Å²) in [6.45, 7) is 1.45. The summed E-state index contributed by atoms with van der Waals surface area (Å²) in [6, 6.07) is 10.8. The van der Waals surface area contributed by atoms with Gasteiger partial charge in [-0.15, -0.1) is 0 Å². The molecule has 5 heterocycles. The maximum Gasteiger partial charge on any atom is 0.433 e. The SMILES string of the molecule is CN(C[C@H]1CC[C@H](n2cc3cc(NC(=O)c4cccc(C(F)(F)F)n4)c([S+](C)[O-])cc3n2)CC1)C1CCN(c2cccc3c2n(C)c(=O)n3C2CCC(=O)NC2=O)CC1F. The standard InChI is InChI=1S/C41H45F4N9O5S/c1-50(30-16-17-52(22-26(30)42)31-7-5-8-32-37(31)51(2)40(58)54(32)33-14-15-36(55)48-39(33)57)20-23-10-12-25(13-11-23)53-21-24-18-29(34(60(3)59)19-28(24)49-53)47-38(56)27-6-4-9-35(46-27)41(43,44)45/h4-9,18-19,21,23,25-26,30,33H,10-17,20,22H2,1-3H3,(H,47,56)(H,48,55,57)/t23-,25-,26?,30?,33?,60?. The second kappa shape index (κ2) is 16.3. The molecule has 19 heteroatoms. The highest BCUT2D eigenvalue weighted by atomic mass is 32.2. The summed E-state index contributed by atoms with van der Waals surface area (Å²) in [5.74, 6) is -1.39. The van der Waals surface area contributed by atoms with Crippen molar-refractivity contribution in [1.29, 1.82) is 0 Å². The zero-order valence-electron chi connectivity index (χ0n) is 33.2. The number of imide groups is 1. The number of fused-ring (bicyclic) bond motifs is 2. The van der Waals surface area contributed by atoms with Crippen LogP contribution in [0.4, 0.5) is 28.9 Å². The van der Waals surface area contributed by atoms with Crippen LogP contribution >= 0.6 is 0 Å². The minimum absolute atomic E-state index is 0.0857. The van der Waals surface area contributed by atoms with Gasteiger partial charge >= 0.3 is 11.9 Å². The van der Waals surface area contributed by atoms with Crippen molar-refractivity contribution in [2.24, 2.45) is 13.0 Å². The van der Waals surface area contributed by atoms with Gasteiger partial charge in [0, 0.05) is 50.2 Å². The number of alkyl halides is 4. The molecule has 3 aromatic heterocycles. The number of carbonyl (C=O) groups excluding carboxylic acids is 3. The summed E-state index contributed by atoms with van der Waals surface area (Å²) in [5.41, 5.74) is 0.686. The van der Waals surface area contributed by atoms with Crippen molar-refractivity contribution in [2.45, 2.75) is 80.3 Å². The van der Waals surface area contributed by atoms with Gasteiger partial charge in [-0.2, -0.15) is 18.3 Å². The molecule has 3 fully saturated rings. The molecule has 2 saturated heterocycles. The Labute approximate surface area is 345 Å². The molecule has 3 amide bonds. The Kier molecular flexibility index (Phi) is 11.3. The lowest BCUT2D eigenvalue weighted by Crippen LogP contribution is -2.52. The number of pyridine rings is 1. The van der Waals surface area contributed by atoms with Crippen molar-refractivity contribution >= 4 is 62.2 Å². The van der Waals surface area contributed by atoms with Crippen molar-refractivity contribution in [3.05, 3.63) is 76.6 Å². The minimum Gasteiger partial charge on any atom is -0.612 e. The van der Waals surface area contributed by atoms with E-state index < -0.39 is 52.8 Å². The molecule has 14 nitrogen and oxygen atoms in total. The molecule has 4 atom stereocenters. The van der Waals surface area contributed by atoms with E-state index >= 15 is 4.39 Å². The number of halogens is 4. The number of piperidine rings is 2. The molecule has 4 unspecified atom stereocenters. The second-order valence-electron chi connectivity index (χ2n) is 16.1. The third-order valence-corrected chi connectivity index (χ3v) is 13.2. The molecular formula is C41H45F4N9O5S. The maximum atomic E-state index is 16.1. The van der Waals surface area contributed by atoms with E-state index in [0.717, 1.165) is 50.0 Å². The van der Waals surface area contributed by atoms with Gasteiger partial charge < -0.3 is 19.7 Å². The predicted molar refractivity (Wildman–Crippen MR) is 217 cm³/mol. The number of hydrogen-bond donors (Lipinski definition) is 2. The third kappa shape index (κ3) is 8.01. The normalized spacial score (nSPS) is 23.4. The lowest BCUT2D eigenvalue weighted by molar-refractivity contribution is -0.141. The van der Waals surface area contributed by atoms with Crippen LogP contribution in [0.3, 0.4) is 0 Å². The van der Waals surface area contributed by atoms with E-state index in [1.807, 2.05) is 28.9 Å². The van der Waals surface area contributed by atoms with Gasteiger partial charge in [0.2, 0.25) is 11.8 Å². The Balaban J connectivity index is 0.890. The predicted octanol–water partition coefficient (Wildman–Crippen LogP) is 5.35. The number of nitrogens with zero attached hydrogens (tertiary/aromatic N) is 7. The first-order valence-corrected chi connectivity index (χ1v) is 21.5. The number of hydrogen-bond acceptors (Lipinski definition) is 9. The largest absolute Gasteiger partial charge is 0.612 e. The number of carbonyl (C=O) groups is 3. The number of para-hydroxylation sites is 1. The van der Waals surface area contributed by atoms with Crippen LogP contribution in [0.2, 0.25) is 0 Å². The number of nitrogens with one attached hydrogen (secondary N) is 2. The van der Waals surface area contributed by atoms with Gasteiger partial charge in [-0.1, -0.05) is 12.1 Å². The zero-order chi connectivity index (χ0) is 42.6. The summed E-state index contributed by atoms with van der Waals surface area (Å²) in [5, 5.41) is 10.4. The first kappa shape index (κ1) is 41.5.